The van der Waals surface area contributed by atoms with Crippen molar-refractivity contribution in [1.82, 2.24) is 5.32 Å². The summed E-state index contributed by atoms with van der Waals surface area (Å²) in [4.78, 5) is 24.1. The first-order valence-corrected chi connectivity index (χ1v) is 7.97. The summed E-state index contributed by atoms with van der Waals surface area (Å²) < 4.78 is 33.4. The van der Waals surface area contributed by atoms with Crippen LogP contribution in [0.25, 0.3) is 0 Å². The lowest BCUT2D eigenvalue weighted by Crippen LogP contribution is -2.28. The van der Waals surface area contributed by atoms with E-state index in [9.17, 15) is 14.0 Å². The van der Waals surface area contributed by atoms with E-state index in [0.717, 1.165) is 5.56 Å². The molecule has 7 nitrogen and oxygen atoms in total. The Morgan fingerprint density at radius 1 is 0.926 bits per heavy atom. The molecule has 1 N–H and O–H groups in total. The van der Waals surface area contributed by atoms with Crippen molar-refractivity contribution in [2.75, 3.05) is 27.9 Å². The van der Waals surface area contributed by atoms with Crippen LogP contribution in [0.1, 0.15) is 15.9 Å². The SMILES string of the molecule is COc1ccc(C(=O)OCC(=O)NCc2ccc(F)cc2)c(OC)c1OC. The van der Waals surface area contributed by atoms with Crippen molar-refractivity contribution in [2.24, 2.45) is 0 Å². The number of benzene rings is 2. The number of nitrogens with one attached hydrogen (secondary N) is 1. The Hall–Kier alpha value is -3.29. The van der Waals surface area contributed by atoms with Gasteiger partial charge in [0.15, 0.2) is 18.1 Å². The fourth-order valence-electron chi connectivity index (χ4n) is 2.32. The molecule has 2 aromatic rings. The summed E-state index contributed by atoms with van der Waals surface area (Å²) in [6, 6.07) is 8.69. The second-order valence-electron chi connectivity index (χ2n) is 5.36. The second kappa shape index (κ2) is 9.42. The van der Waals surface area contributed by atoms with Crippen molar-refractivity contribution in [3.05, 3.63) is 53.3 Å². The van der Waals surface area contributed by atoms with Gasteiger partial charge in [0.25, 0.3) is 5.91 Å². The summed E-state index contributed by atoms with van der Waals surface area (Å²) in [5.74, 6) is -0.813. The molecule has 0 saturated carbocycles. The number of halogens is 1. The van der Waals surface area contributed by atoms with E-state index in [1.807, 2.05) is 0 Å². The Bertz CT molecular complexity index is 807. The predicted molar refractivity (Wildman–Crippen MR) is 94.6 cm³/mol. The predicted octanol–water partition coefficient (Wildman–Crippen LogP) is 2.32. The van der Waals surface area contributed by atoms with Crippen LogP contribution in [0.15, 0.2) is 36.4 Å². The molecule has 144 valence electrons. The molecule has 1 amide bonds. The molecule has 0 radical (unpaired) electrons. The van der Waals surface area contributed by atoms with E-state index in [1.165, 1.54) is 45.6 Å². The maximum absolute atomic E-state index is 12.8. The smallest absolute Gasteiger partial charge is 0.342 e. The Morgan fingerprint density at radius 2 is 1.59 bits per heavy atom. The summed E-state index contributed by atoms with van der Waals surface area (Å²) in [7, 11) is 4.25. The monoisotopic (exact) mass is 377 g/mol. The average molecular weight is 377 g/mol. The van der Waals surface area contributed by atoms with Crippen molar-refractivity contribution in [1.29, 1.82) is 0 Å². The number of rotatable bonds is 8. The van der Waals surface area contributed by atoms with E-state index in [-0.39, 0.29) is 29.4 Å². The number of methoxy groups -OCH3 is 3. The Morgan fingerprint density at radius 3 is 2.19 bits per heavy atom. The van der Waals surface area contributed by atoms with Crippen LogP contribution in [0.3, 0.4) is 0 Å². The van der Waals surface area contributed by atoms with Crippen LogP contribution in [0.4, 0.5) is 4.39 Å². The number of esters is 1. The lowest BCUT2D eigenvalue weighted by molar-refractivity contribution is -0.124. The number of hydrogen-bond donors (Lipinski definition) is 1. The molecular formula is C19H20FNO6. The van der Waals surface area contributed by atoms with E-state index < -0.39 is 18.5 Å². The number of ether oxygens (including phenoxy) is 4. The molecule has 0 unspecified atom stereocenters. The van der Waals surface area contributed by atoms with Gasteiger partial charge in [-0.3, -0.25) is 4.79 Å². The number of carbonyl (C=O) groups excluding carboxylic acids is 2. The first-order chi connectivity index (χ1) is 13.0. The van der Waals surface area contributed by atoms with Crippen LogP contribution >= 0.6 is 0 Å². The van der Waals surface area contributed by atoms with Crippen LogP contribution in [0.2, 0.25) is 0 Å². The number of carbonyl (C=O) groups is 2. The van der Waals surface area contributed by atoms with Gasteiger partial charge in [-0.05, 0) is 29.8 Å². The topological polar surface area (TPSA) is 83.1 Å². The normalized spacial score (nSPS) is 10.1. The van der Waals surface area contributed by atoms with Gasteiger partial charge in [-0.2, -0.15) is 0 Å². The van der Waals surface area contributed by atoms with E-state index in [4.69, 9.17) is 18.9 Å². The van der Waals surface area contributed by atoms with E-state index in [0.29, 0.717) is 5.75 Å². The zero-order valence-electron chi connectivity index (χ0n) is 15.2. The first-order valence-electron chi connectivity index (χ1n) is 7.97. The van der Waals surface area contributed by atoms with E-state index >= 15 is 0 Å². The van der Waals surface area contributed by atoms with Gasteiger partial charge in [0.1, 0.15) is 11.4 Å². The Labute approximate surface area is 156 Å². The lowest BCUT2D eigenvalue weighted by Gasteiger charge is -2.15. The minimum atomic E-state index is -0.746. The molecule has 0 fully saturated rings. The highest BCUT2D eigenvalue weighted by Gasteiger charge is 2.22. The highest BCUT2D eigenvalue weighted by molar-refractivity contribution is 5.95. The van der Waals surface area contributed by atoms with Crippen molar-refractivity contribution < 1.29 is 32.9 Å². The maximum Gasteiger partial charge on any atom is 0.342 e. The molecule has 0 spiro atoms. The molecule has 0 aliphatic carbocycles. The molecule has 0 aliphatic rings. The van der Waals surface area contributed by atoms with Gasteiger partial charge in [0.05, 0.1) is 21.3 Å². The third-order valence-electron chi connectivity index (χ3n) is 3.66. The molecule has 2 rings (SSSR count). The van der Waals surface area contributed by atoms with Gasteiger partial charge >= 0.3 is 5.97 Å². The number of amides is 1. The second-order valence-corrected chi connectivity index (χ2v) is 5.36. The van der Waals surface area contributed by atoms with Gasteiger partial charge < -0.3 is 24.3 Å². The minimum absolute atomic E-state index is 0.0986. The van der Waals surface area contributed by atoms with Gasteiger partial charge in [0.2, 0.25) is 5.75 Å². The van der Waals surface area contributed by atoms with Crippen LogP contribution in [0, 0.1) is 5.82 Å². The number of hydrogen-bond acceptors (Lipinski definition) is 6. The molecule has 0 atom stereocenters. The largest absolute Gasteiger partial charge is 0.493 e. The molecular weight excluding hydrogens is 357 g/mol. The molecule has 0 aliphatic heterocycles. The highest BCUT2D eigenvalue weighted by atomic mass is 19.1. The summed E-state index contributed by atoms with van der Waals surface area (Å²) in [6.45, 7) is -0.284. The quantitative estimate of drug-likeness (QED) is 0.711. The Balaban J connectivity index is 1.96. The first kappa shape index (κ1) is 20.0. The summed E-state index contributed by atoms with van der Waals surface area (Å²) in [5.41, 5.74) is 0.819. The van der Waals surface area contributed by atoms with E-state index in [1.54, 1.807) is 12.1 Å². The fraction of sp³-hybridized carbons (Fsp3) is 0.263. The fourth-order valence-corrected chi connectivity index (χ4v) is 2.32. The van der Waals surface area contributed by atoms with Crippen molar-refractivity contribution in [3.8, 4) is 17.2 Å². The zero-order valence-corrected chi connectivity index (χ0v) is 15.2. The van der Waals surface area contributed by atoms with Crippen molar-refractivity contribution in [3.63, 3.8) is 0 Å². The summed E-state index contributed by atoms with van der Waals surface area (Å²) in [5, 5.41) is 2.58. The zero-order chi connectivity index (χ0) is 19.8. The molecule has 2 aromatic carbocycles. The standard InChI is InChI=1S/C19H20FNO6/c1-24-15-9-8-14(17(25-2)18(15)26-3)19(23)27-11-16(22)21-10-12-4-6-13(20)7-5-12/h4-9H,10-11H2,1-3H3,(H,21,22). The maximum atomic E-state index is 12.8. The summed E-state index contributed by atoms with van der Waals surface area (Å²) >= 11 is 0. The Kier molecular flexibility index (Phi) is 6.99. The van der Waals surface area contributed by atoms with Gasteiger partial charge in [-0.25, -0.2) is 9.18 Å². The van der Waals surface area contributed by atoms with Gasteiger partial charge in [-0.15, -0.1) is 0 Å². The minimum Gasteiger partial charge on any atom is -0.493 e. The third-order valence-corrected chi connectivity index (χ3v) is 3.66. The van der Waals surface area contributed by atoms with Crippen LogP contribution in [-0.4, -0.2) is 39.8 Å². The molecule has 27 heavy (non-hydrogen) atoms. The average Bonchev–Trinajstić information content (AvgIpc) is 2.70. The molecule has 8 heteroatoms. The molecule has 0 bridgehead atoms. The van der Waals surface area contributed by atoms with Crippen LogP contribution < -0.4 is 19.5 Å². The summed E-state index contributed by atoms with van der Waals surface area (Å²) in [6.07, 6.45) is 0. The van der Waals surface area contributed by atoms with Crippen molar-refractivity contribution in [2.45, 2.75) is 6.54 Å². The molecule has 0 heterocycles. The molecule has 0 aromatic heterocycles. The third kappa shape index (κ3) is 5.10. The van der Waals surface area contributed by atoms with Gasteiger partial charge in [-0.1, -0.05) is 12.1 Å². The van der Waals surface area contributed by atoms with Crippen LogP contribution in [0.5, 0.6) is 17.2 Å². The van der Waals surface area contributed by atoms with E-state index in [2.05, 4.69) is 5.32 Å². The highest BCUT2D eigenvalue weighted by Crippen LogP contribution is 2.39. The lowest BCUT2D eigenvalue weighted by atomic mass is 10.1. The van der Waals surface area contributed by atoms with Gasteiger partial charge in [0, 0.05) is 6.54 Å². The molecule has 0 saturated heterocycles. The van der Waals surface area contributed by atoms with Crippen molar-refractivity contribution >= 4 is 11.9 Å². The van der Waals surface area contributed by atoms with Crippen LogP contribution in [-0.2, 0) is 16.1 Å².